The molecular formula is C20H17Br3F6KO2S2+. The summed E-state index contributed by atoms with van der Waals surface area (Å²) in [6.45, 7) is 2.72. The van der Waals surface area contributed by atoms with Crippen molar-refractivity contribution in [3.8, 4) is 0 Å². The van der Waals surface area contributed by atoms with Gasteiger partial charge < -0.3 is 0 Å². The Kier molecular flexibility index (Phi) is 19.3. The quantitative estimate of drug-likeness (QED) is 0.179. The van der Waals surface area contributed by atoms with E-state index in [9.17, 15) is 35.9 Å². The van der Waals surface area contributed by atoms with Crippen LogP contribution in [0, 0.1) is 0 Å². The zero-order chi connectivity index (χ0) is 26.0. The molecule has 0 fully saturated rings. The van der Waals surface area contributed by atoms with Gasteiger partial charge in [-0.1, -0.05) is 71.7 Å². The number of rotatable bonds is 3. The molecular weight excluding hydrogens is 729 g/mol. The van der Waals surface area contributed by atoms with Crippen molar-refractivity contribution in [3.05, 3.63) is 67.6 Å². The molecule has 0 aliphatic heterocycles. The van der Waals surface area contributed by atoms with Gasteiger partial charge in [0.15, 0.2) is 10.2 Å². The Hall–Kier alpha value is 1.14. The fraction of sp³-hybridized carbons (Fsp3) is 0.300. The average molecular weight is 746 g/mol. The first kappa shape index (κ1) is 37.3. The minimum Gasteiger partial charge on any atom is -0.288 e. The Morgan fingerprint density at radius 1 is 0.853 bits per heavy atom. The monoisotopic (exact) mass is 743 g/mol. The zero-order valence-electron chi connectivity index (χ0n) is 18.0. The third-order valence-corrected chi connectivity index (χ3v) is 5.78. The minimum atomic E-state index is -4.39. The molecule has 0 aliphatic carbocycles. The fourth-order valence-corrected chi connectivity index (χ4v) is 3.87. The van der Waals surface area contributed by atoms with Gasteiger partial charge in [0.2, 0.25) is 0 Å². The molecule has 2 nitrogen and oxygen atoms in total. The Balaban J connectivity index is 0. The Bertz CT molecular complexity index is 953. The van der Waals surface area contributed by atoms with Gasteiger partial charge in [0.25, 0.3) is 0 Å². The topological polar surface area (TPSA) is 34.1 Å². The molecule has 0 atom stereocenters. The summed E-state index contributed by atoms with van der Waals surface area (Å²) in [4.78, 5) is 20.0. The number of halogens is 9. The van der Waals surface area contributed by atoms with Crippen LogP contribution in [0.5, 0.6) is 0 Å². The maximum Gasteiger partial charge on any atom is 1.00 e. The zero-order valence-corrected chi connectivity index (χ0v) is 27.5. The second-order valence-corrected chi connectivity index (χ2v) is 10.2. The van der Waals surface area contributed by atoms with E-state index in [2.05, 4.69) is 60.4 Å². The van der Waals surface area contributed by atoms with E-state index in [0.29, 0.717) is 8.95 Å². The Morgan fingerprint density at radius 3 is 1.53 bits per heavy atom. The van der Waals surface area contributed by atoms with Crippen LogP contribution < -0.4 is 51.4 Å². The molecule has 0 bridgehead atoms. The van der Waals surface area contributed by atoms with E-state index in [4.69, 9.17) is 0 Å². The van der Waals surface area contributed by atoms with Crippen LogP contribution >= 0.6 is 72.2 Å². The number of alkyl halides is 7. The minimum absolute atomic E-state index is 0. The molecule has 2 rings (SSSR count). The smallest absolute Gasteiger partial charge is 0.288 e. The number of thiol groups is 1. The predicted octanol–water partition coefficient (Wildman–Crippen LogP) is 6.08. The van der Waals surface area contributed by atoms with E-state index in [0.717, 1.165) is 23.9 Å². The molecule has 2 aromatic carbocycles. The van der Waals surface area contributed by atoms with Crippen LogP contribution in [-0.4, -0.2) is 10.2 Å². The summed E-state index contributed by atoms with van der Waals surface area (Å²) in [6.07, 6.45) is -8.68. The van der Waals surface area contributed by atoms with Crippen molar-refractivity contribution < 1.29 is 87.3 Å². The number of carbonyl (C=O) groups excluding carboxylic acids is 2. The Morgan fingerprint density at radius 2 is 1.21 bits per heavy atom. The summed E-state index contributed by atoms with van der Waals surface area (Å²) in [7, 11) is 0. The van der Waals surface area contributed by atoms with Gasteiger partial charge in [0.1, 0.15) is 0 Å². The molecule has 2 aromatic rings. The standard InChI is InChI=1S/C10H8BrF3OS.C8H5Br2F3.C2H4OS.K/c1-6(15)16-5-7-2-3-8(11)4-9(7)10(12,13)14;9-4-5-1-2-6(10)3-7(5)8(11,12)13;1-2(3)4;/h2-4H,5H2,1H3;1-3H,4H2;1H3,(H,3,4);/q;;;+1. The molecule has 0 aliphatic rings. The maximum atomic E-state index is 12.6. The van der Waals surface area contributed by atoms with E-state index >= 15 is 0 Å². The fourth-order valence-electron chi connectivity index (χ4n) is 2.05. The number of benzene rings is 2. The average Bonchev–Trinajstić information content (AvgIpc) is 2.65. The molecule has 0 saturated carbocycles. The van der Waals surface area contributed by atoms with Gasteiger partial charge in [-0.3, -0.25) is 9.59 Å². The molecule has 14 heteroatoms. The van der Waals surface area contributed by atoms with Crippen molar-refractivity contribution >= 4 is 82.4 Å². The van der Waals surface area contributed by atoms with E-state index in [-0.39, 0.29) is 83.8 Å². The van der Waals surface area contributed by atoms with Gasteiger partial charge in [-0.2, -0.15) is 26.3 Å². The summed E-state index contributed by atoms with van der Waals surface area (Å²) >= 11 is 13.2. The molecule has 34 heavy (non-hydrogen) atoms. The van der Waals surface area contributed by atoms with E-state index < -0.39 is 23.5 Å². The normalized spacial score (nSPS) is 10.7. The third kappa shape index (κ3) is 16.1. The van der Waals surface area contributed by atoms with Crippen LogP contribution in [0.2, 0.25) is 0 Å². The van der Waals surface area contributed by atoms with Gasteiger partial charge in [0.05, 0.1) is 11.1 Å². The van der Waals surface area contributed by atoms with Crippen LogP contribution in [0.15, 0.2) is 45.3 Å². The second-order valence-electron chi connectivity index (χ2n) is 6.03. The summed E-state index contributed by atoms with van der Waals surface area (Å²) in [6, 6.07) is 8.05. The summed E-state index contributed by atoms with van der Waals surface area (Å²) in [5.41, 5.74) is -0.930. The van der Waals surface area contributed by atoms with Gasteiger partial charge >= 0.3 is 63.7 Å². The number of thioether (sulfide) groups is 1. The summed E-state index contributed by atoms with van der Waals surface area (Å²) in [5.74, 6) is 0.0391. The van der Waals surface area contributed by atoms with E-state index in [1.807, 2.05) is 0 Å². The molecule has 0 aromatic heterocycles. The molecule has 184 valence electrons. The van der Waals surface area contributed by atoms with E-state index in [1.165, 1.54) is 32.0 Å². The molecule has 0 N–H and O–H groups in total. The Labute approximate surface area is 271 Å². The molecule has 0 unspecified atom stereocenters. The van der Waals surface area contributed by atoms with Gasteiger partial charge in [-0.25, -0.2) is 0 Å². The second kappa shape index (κ2) is 17.6. The van der Waals surface area contributed by atoms with Crippen molar-refractivity contribution in [2.75, 3.05) is 0 Å². The van der Waals surface area contributed by atoms with Crippen LogP contribution in [0.3, 0.4) is 0 Å². The third-order valence-electron chi connectivity index (χ3n) is 3.33. The number of hydrogen-bond acceptors (Lipinski definition) is 3. The molecule has 0 heterocycles. The van der Waals surface area contributed by atoms with Crippen LogP contribution in [0.25, 0.3) is 0 Å². The first-order chi connectivity index (χ1) is 15.0. The molecule has 0 radical (unpaired) electrons. The SMILES string of the molecule is CC(=O)S.CC(=O)SCc1ccc(Br)cc1C(F)(F)F.FC(F)(F)c1cc(Br)ccc1CBr.[K+]. The van der Waals surface area contributed by atoms with Crippen molar-refractivity contribution in [3.63, 3.8) is 0 Å². The number of hydrogen-bond donors (Lipinski definition) is 1. The van der Waals surface area contributed by atoms with Crippen molar-refractivity contribution in [1.82, 2.24) is 0 Å². The van der Waals surface area contributed by atoms with Crippen LogP contribution in [-0.2, 0) is 33.0 Å². The van der Waals surface area contributed by atoms with Gasteiger partial charge in [0, 0.05) is 33.9 Å². The van der Waals surface area contributed by atoms with Crippen LogP contribution in [0.1, 0.15) is 36.1 Å². The number of carbonyl (C=O) groups is 2. The maximum absolute atomic E-state index is 12.6. The summed E-state index contributed by atoms with van der Waals surface area (Å²) in [5, 5.41) is -0.134. The van der Waals surface area contributed by atoms with Crippen LogP contribution in [0.4, 0.5) is 26.3 Å². The summed E-state index contributed by atoms with van der Waals surface area (Å²) < 4.78 is 75.8. The first-order valence-electron chi connectivity index (χ1n) is 8.59. The molecule has 0 amide bonds. The van der Waals surface area contributed by atoms with Gasteiger partial charge in [-0.15, -0.1) is 12.6 Å². The first-order valence-corrected chi connectivity index (χ1v) is 12.7. The van der Waals surface area contributed by atoms with Crippen molar-refractivity contribution in [1.29, 1.82) is 0 Å². The predicted molar refractivity (Wildman–Crippen MR) is 133 cm³/mol. The largest absolute Gasteiger partial charge is 1.00 e. The van der Waals surface area contributed by atoms with E-state index in [1.54, 1.807) is 6.07 Å². The molecule has 0 saturated heterocycles. The van der Waals surface area contributed by atoms with Crippen molar-refractivity contribution in [2.45, 2.75) is 37.3 Å². The molecule has 0 spiro atoms. The van der Waals surface area contributed by atoms with Crippen molar-refractivity contribution in [2.24, 2.45) is 0 Å². The van der Waals surface area contributed by atoms with Gasteiger partial charge in [-0.05, 0) is 35.4 Å².